The summed E-state index contributed by atoms with van der Waals surface area (Å²) in [4.78, 5) is 16.5. The van der Waals surface area contributed by atoms with Crippen molar-refractivity contribution >= 4 is 17.5 Å². The van der Waals surface area contributed by atoms with Crippen molar-refractivity contribution in [1.29, 1.82) is 0 Å². The van der Waals surface area contributed by atoms with Gasteiger partial charge in [-0.3, -0.25) is 4.79 Å². The summed E-state index contributed by atoms with van der Waals surface area (Å²) in [7, 11) is 1.66. The van der Waals surface area contributed by atoms with E-state index in [4.69, 9.17) is 16.3 Å². The van der Waals surface area contributed by atoms with E-state index in [-0.39, 0.29) is 18.0 Å². The molecule has 1 saturated heterocycles. The number of carbonyl (C=O) groups is 1. The first kappa shape index (κ1) is 17.9. The Bertz CT molecular complexity index is 703. The van der Waals surface area contributed by atoms with Gasteiger partial charge in [-0.1, -0.05) is 23.7 Å². The van der Waals surface area contributed by atoms with Crippen molar-refractivity contribution in [1.82, 2.24) is 25.7 Å². The number of nitrogens with one attached hydrogen (secondary N) is 3. The predicted octanol–water partition coefficient (Wildman–Crippen LogP) is 1.41. The van der Waals surface area contributed by atoms with Crippen molar-refractivity contribution in [2.24, 2.45) is 0 Å². The number of imidazole rings is 1. The minimum absolute atomic E-state index is 0.0385. The maximum atomic E-state index is 12.4. The third kappa shape index (κ3) is 4.58. The van der Waals surface area contributed by atoms with Crippen LogP contribution in [0.1, 0.15) is 23.7 Å². The second kappa shape index (κ2) is 8.44. The Kier molecular flexibility index (Phi) is 6.04. The predicted molar refractivity (Wildman–Crippen MR) is 94.8 cm³/mol. The summed E-state index contributed by atoms with van der Waals surface area (Å²) in [6.07, 6.45) is 4.18. The van der Waals surface area contributed by atoms with Gasteiger partial charge in [-0.25, -0.2) is 15.8 Å². The zero-order valence-electron chi connectivity index (χ0n) is 14.0. The Balaban J connectivity index is 1.51. The first-order valence-electron chi connectivity index (χ1n) is 8.19. The van der Waals surface area contributed by atoms with Gasteiger partial charge in [-0.15, -0.1) is 0 Å². The van der Waals surface area contributed by atoms with Crippen LogP contribution in [0.15, 0.2) is 36.8 Å². The fraction of sp³-hybridized carbons (Fsp3) is 0.412. The van der Waals surface area contributed by atoms with Gasteiger partial charge in [-0.05, 0) is 24.1 Å². The van der Waals surface area contributed by atoms with Crippen molar-refractivity contribution in [2.45, 2.75) is 31.6 Å². The molecule has 134 valence electrons. The molecule has 3 rings (SSSR count). The average molecular weight is 364 g/mol. The number of halogens is 1. The Morgan fingerprint density at radius 2 is 2.20 bits per heavy atom. The first-order valence-corrected chi connectivity index (χ1v) is 8.57. The highest BCUT2D eigenvalue weighted by atomic mass is 35.5. The molecule has 2 atom stereocenters. The van der Waals surface area contributed by atoms with Crippen molar-refractivity contribution in [3.05, 3.63) is 53.1 Å². The molecule has 2 aromatic rings. The molecular weight excluding hydrogens is 342 g/mol. The van der Waals surface area contributed by atoms with Crippen LogP contribution in [-0.2, 0) is 22.6 Å². The smallest absolute Gasteiger partial charge is 0.238 e. The van der Waals surface area contributed by atoms with Crippen molar-refractivity contribution in [3.8, 4) is 0 Å². The summed E-state index contributed by atoms with van der Waals surface area (Å²) in [6.45, 7) is 1.75. The van der Waals surface area contributed by atoms with E-state index in [2.05, 4.69) is 21.2 Å². The molecule has 0 spiro atoms. The highest BCUT2D eigenvalue weighted by Gasteiger charge is 2.29. The third-order valence-electron chi connectivity index (χ3n) is 4.27. The zero-order chi connectivity index (χ0) is 17.6. The van der Waals surface area contributed by atoms with Crippen molar-refractivity contribution in [3.63, 3.8) is 0 Å². The number of hydrazine groups is 1. The molecule has 1 fully saturated rings. The van der Waals surface area contributed by atoms with Crippen LogP contribution in [0, 0.1) is 0 Å². The Labute approximate surface area is 151 Å². The maximum absolute atomic E-state index is 12.4. The lowest BCUT2D eigenvalue weighted by Gasteiger charge is -2.12. The monoisotopic (exact) mass is 363 g/mol. The molecule has 1 aromatic heterocycles. The highest BCUT2D eigenvalue weighted by Crippen LogP contribution is 2.23. The maximum Gasteiger partial charge on any atom is 0.238 e. The molecule has 0 aliphatic carbocycles. The molecule has 1 aliphatic heterocycles. The number of carbonyl (C=O) groups excluding carboxylic acids is 1. The van der Waals surface area contributed by atoms with Gasteiger partial charge in [-0.2, -0.15) is 0 Å². The van der Waals surface area contributed by atoms with E-state index in [0.717, 1.165) is 11.3 Å². The molecule has 2 heterocycles. The fourth-order valence-corrected chi connectivity index (χ4v) is 2.96. The second-order valence-electron chi connectivity index (χ2n) is 5.97. The normalized spacial score (nSPS) is 19.9. The van der Waals surface area contributed by atoms with Gasteiger partial charge < -0.3 is 14.6 Å². The van der Waals surface area contributed by atoms with Crippen molar-refractivity contribution in [2.75, 3.05) is 13.7 Å². The minimum Gasteiger partial charge on any atom is -0.383 e. The molecule has 3 N–H and O–H groups in total. The average Bonchev–Trinajstić information content (AvgIpc) is 3.28. The van der Waals surface area contributed by atoms with Gasteiger partial charge >= 0.3 is 0 Å². The zero-order valence-corrected chi connectivity index (χ0v) is 14.8. The molecule has 8 heteroatoms. The van der Waals surface area contributed by atoms with E-state index in [0.29, 0.717) is 31.1 Å². The van der Waals surface area contributed by atoms with Crippen LogP contribution >= 0.6 is 11.6 Å². The minimum atomic E-state index is -0.281. The molecule has 0 radical (unpaired) electrons. The number of hydrogen-bond acceptors (Lipinski definition) is 5. The van der Waals surface area contributed by atoms with Crippen LogP contribution in [0.2, 0.25) is 5.02 Å². The topological polar surface area (TPSA) is 80.2 Å². The quantitative estimate of drug-likeness (QED) is 0.693. The van der Waals surface area contributed by atoms with E-state index < -0.39 is 0 Å². The molecular formula is C17H22ClN5O2. The van der Waals surface area contributed by atoms with Crippen molar-refractivity contribution < 1.29 is 9.53 Å². The van der Waals surface area contributed by atoms with E-state index >= 15 is 0 Å². The summed E-state index contributed by atoms with van der Waals surface area (Å²) >= 11 is 5.92. The van der Waals surface area contributed by atoms with Crippen LogP contribution in [0.3, 0.4) is 0 Å². The van der Waals surface area contributed by atoms with E-state index in [1.165, 1.54) is 0 Å². The van der Waals surface area contributed by atoms with E-state index in [1.54, 1.807) is 19.6 Å². The van der Waals surface area contributed by atoms with Gasteiger partial charge in [0, 0.05) is 30.9 Å². The van der Waals surface area contributed by atoms with Gasteiger partial charge in [0.05, 0.1) is 25.2 Å². The molecule has 25 heavy (non-hydrogen) atoms. The molecule has 0 saturated carbocycles. The summed E-state index contributed by atoms with van der Waals surface area (Å²) in [5.74, 6) is -0.0385. The first-order chi connectivity index (χ1) is 12.2. The largest absolute Gasteiger partial charge is 0.383 e. The number of amides is 1. The van der Waals surface area contributed by atoms with Gasteiger partial charge in [0.1, 0.15) is 6.04 Å². The second-order valence-corrected chi connectivity index (χ2v) is 6.41. The number of benzene rings is 1. The number of methoxy groups -OCH3 is 1. The van der Waals surface area contributed by atoms with E-state index in [1.807, 2.05) is 28.8 Å². The summed E-state index contributed by atoms with van der Waals surface area (Å²) in [5.41, 5.74) is 8.28. The molecule has 1 amide bonds. The van der Waals surface area contributed by atoms with Gasteiger partial charge in [0.15, 0.2) is 0 Å². The summed E-state index contributed by atoms with van der Waals surface area (Å²) < 4.78 is 7.05. The Morgan fingerprint density at radius 1 is 1.40 bits per heavy atom. The summed E-state index contributed by atoms with van der Waals surface area (Å²) in [6, 6.07) is 7.45. The molecule has 1 aromatic carbocycles. The van der Waals surface area contributed by atoms with Crippen LogP contribution < -0.4 is 16.2 Å². The van der Waals surface area contributed by atoms with Gasteiger partial charge in [0.2, 0.25) is 5.91 Å². The summed E-state index contributed by atoms with van der Waals surface area (Å²) in [5, 5.41) is 3.66. The van der Waals surface area contributed by atoms with E-state index in [9.17, 15) is 4.79 Å². The third-order valence-corrected chi connectivity index (χ3v) is 4.52. The van der Waals surface area contributed by atoms with Gasteiger partial charge in [0.25, 0.3) is 0 Å². The molecule has 2 unspecified atom stereocenters. The lowest BCUT2D eigenvalue weighted by Crippen LogP contribution is -2.43. The Hall–Kier alpha value is -1.93. The number of hydrogen-bond donors (Lipinski definition) is 3. The molecule has 0 bridgehead atoms. The Morgan fingerprint density at radius 3 is 2.96 bits per heavy atom. The molecule has 7 nitrogen and oxygen atoms in total. The SMILES string of the molecule is COCCn1cncc1CNC(=O)C1CC(c2ccc(Cl)cc2)NN1. The van der Waals surface area contributed by atoms with Crippen LogP contribution in [0.4, 0.5) is 0 Å². The number of nitrogens with zero attached hydrogens (tertiary/aromatic N) is 2. The van der Waals surface area contributed by atoms with Crippen LogP contribution in [-0.4, -0.2) is 35.2 Å². The standard InChI is InChI=1S/C17H22ClN5O2/c1-25-7-6-23-11-19-9-14(23)10-20-17(24)16-8-15(21-22-16)12-2-4-13(18)5-3-12/h2-5,9,11,15-16,21-22H,6-8,10H2,1H3,(H,20,24). The number of ether oxygens (including phenoxy) is 1. The highest BCUT2D eigenvalue weighted by molar-refractivity contribution is 6.30. The van der Waals surface area contributed by atoms with Crippen LogP contribution in [0.25, 0.3) is 0 Å². The molecule has 1 aliphatic rings. The number of aromatic nitrogens is 2. The fourth-order valence-electron chi connectivity index (χ4n) is 2.83. The number of rotatable bonds is 7. The lowest BCUT2D eigenvalue weighted by atomic mass is 10.0. The lowest BCUT2D eigenvalue weighted by molar-refractivity contribution is -0.123. The van der Waals surface area contributed by atoms with Crippen LogP contribution in [0.5, 0.6) is 0 Å².